The molecule has 2 heterocycles. The van der Waals surface area contributed by atoms with E-state index in [-0.39, 0.29) is 17.5 Å². The fourth-order valence-electron chi connectivity index (χ4n) is 1.67. The molecule has 0 saturated carbocycles. The Balaban J connectivity index is 2.07. The normalized spacial score (nSPS) is 12.1. The van der Waals surface area contributed by atoms with Gasteiger partial charge < -0.3 is 9.73 Å². The van der Waals surface area contributed by atoms with Crippen molar-refractivity contribution >= 4 is 11.5 Å². The van der Waals surface area contributed by atoms with Gasteiger partial charge in [0.15, 0.2) is 0 Å². The molecule has 6 heteroatoms. The van der Waals surface area contributed by atoms with Gasteiger partial charge in [0.05, 0.1) is 11.2 Å². The minimum Gasteiger partial charge on any atom is -0.469 e. The molecule has 0 saturated heterocycles. The number of nitrogens with one attached hydrogen (secondary N) is 1. The Hall–Kier alpha value is -2.37. The van der Waals surface area contributed by atoms with Gasteiger partial charge in [0.2, 0.25) is 5.82 Å². The standard InChI is InChI=1S/C12H13N3O3/c1-9(8-10-4-3-7-18-10)14-12-11(15(16)17)5-2-6-13-12/h2-7,9H,8H2,1H3,(H,13,14)/t9-/m1/s1. The molecule has 0 aliphatic rings. The van der Waals surface area contributed by atoms with Crippen LogP contribution in [0.2, 0.25) is 0 Å². The SMILES string of the molecule is C[C@H](Cc1ccco1)Nc1ncccc1[N+](=O)[O-]. The molecule has 0 fully saturated rings. The first-order chi connectivity index (χ1) is 8.66. The van der Waals surface area contributed by atoms with Crippen LogP contribution in [0.4, 0.5) is 11.5 Å². The van der Waals surface area contributed by atoms with E-state index in [1.54, 1.807) is 12.3 Å². The Morgan fingerprint density at radius 2 is 2.33 bits per heavy atom. The van der Waals surface area contributed by atoms with Gasteiger partial charge in [-0.2, -0.15) is 0 Å². The van der Waals surface area contributed by atoms with Gasteiger partial charge in [-0.3, -0.25) is 10.1 Å². The predicted molar refractivity (Wildman–Crippen MR) is 66.4 cm³/mol. The second kappa shape index (κ2) is 5.31. The van der Waals surface area contributed by atoms with Gasteiger partial charge >= 0.3 is 5.69 Å². The summed E-state index contributed by atoms with van der Waals surface area (Å²) in [6.45, 7) is 1.92. The third-order valence-corrected chi connectivity index (χ3v) is 2.45. The highest BCUT2D eigenvalue weighted by Crippen LogP contribution is 2.21. The van der Waals surface area contributed by atoms with Crippen LogP contribution >= 0.6 is 0 Å². The summed E-state index contributed by atoms with van der Waals surface area (Å²) in [6.07, 6.45) is 3.76. The van der Waals surface area contributed by atoms with Crippen molar-refractivity contribution in [3.05, 3.63) is 52.6 Å². The van der Waals surface area contributed by atoms with Gasteiger partial charge in [0.25, 0.3) is 0 Å². The summed E-state index contributed by atoms with van der Waals surface area (Å²) in [5, 5.41) is 13.8. The van der Waals surface area contributed by atoms with Crippen molar-refractivity contribution in [1.82, 2.24) is 4.98 Å². The Morgan fingerprint density at radius 1 is 1.50 bits per heavy atom. The number of nitro groups is 1. The molecule has 0 aromatic carbocycles. The summed E-state index contributed by atoms with van der Waals surface area (Å²) in [4.78, 5) is 14.4. The fourth-order valence-corrected chi connectivity index (χ4v) is 1.67. The average molecular weight is 247 g/mol. The maximum Gasteiger partial charge on any atom is 0.311 e. The van der Waals surface area contributed by atoms with Crippen molar-refractivity contribution in [3.8, 4) is 0 Å². The number of hydrogen-bond donors (Lipinski definition) is 1. The van der Waals surface area contributed by atoms with Crippen LogP contribution in [0.15, 0.2) is 41.1 Å². The van der Waals surface area contributed by atoms with E-state index >= 15 is 0 Å². The number of hydrogen-bond acceptors (Lipinski definition) is 5. The highest BCUT2D eigenvalue weighted by atomic mass is 16.6. The van der Waals surface area contributed by atoms with Crippen LogP contribution in [0.25, 0.3) is 0 Å². The number of aromatic nitrogens is 1. The van der Waals surface area contributed by atoms with Crippen LogP contribution in [-0.2, 0) is 6.42 Å². The van der Waals surface area contributed by atoms with E-state index in [1.807, 2.05) is 19.1 Å². The molecule has 0 aliphatic carbocycles. The van der Waals surface area contributed by atoms with Crippen LogP contribution in [0.3, 0.4) is 0 Å². The molecule has 94 valence electrons. The van der Waals surface area contributed by atoms with E-state index in [1.165, 1.54) is 12.3 Å². The first-order valence-corrected chi connectivity index (χ1v) is 5.55. The van der Waals surface area contributed by atoms with Crippen molar-refractivity contribution in [1.29, 1.82) is 0 Å². The maximum absolute atomic E-state index is 10.8. The topological polar surface area (TPSA) is 81.2 Å². The molecule has 0 bridgehead atoms. The molecule has 0 spiro atoms. The van der Waals surface area contributed by atoms with Crippen molar-refractivity contribution in [2.75, 3.05) is 5.32 Å². The van der Waals surface area contributed by atoms with Crippen molar-refractivity contribution in [3.63, 3.8) is 0 Å². The molecule has 2 aromatic heterocycles. The molecule has 0 radical (unpaired) electrons. The first kappa shape index (κ1) is 12.1. The monoisotopic (exact) mass is 247 g/mol. The van der Waals surface area contributed by atoms with Crippen molar-refractivity contribution in [2.24, 2.45) is 0 Å². The summed E-state index contributed by atoms with van der Waals surface area (Å²) >= 11 is 0. The Morgan fingerprint density at radius 3 is 3.00 bits per heavy atom. The molecule has 2 aromatic rings. The summed E-state index contributed by atoms with van der Waals surface area (Å²) in [5.74, 6) is 1.11. The third kappa shape index (κ3) is 2.85. The maximum atomic E-state index is 10.8. The second-order valence-electron chi connectivity index (χ2n) is 3.96. The average Bonchev–Trinajstić information content (AvgIpc) is 2.82. The first-order valence-electron chi connectivity index (χ1n) is 5.55. The van der Waals surface area contributed by atoms with Crippen molar-refractivity contribution in [2.45, 2.75) is 19.4 Å². The van der Waals surface area contributed by atoms with Crippen LogP contribution in [0, 0.1) is 10.1 Å². The van der Waals surface area contributed by atoms with E-state index in [4.69, 9.17) is 4.42 Å². The molecule has 6 nitrogen and oxygen atoms in total. The molecular formula is C12H13N3O3. The highest BCUT2D eigenvalue weighted by Gasteiger charge is 2.16. The number of pyridine rings is 1. The van der Waals surface area contributed by atoms with Crippen LogP contribution < -0.4 is 5.32 Å². The lowest BCUT2D eigenvalue weighted by molar-refractivity contribution is -0.384. The lowest BCUT2D eigenvalue weighted by atomic mass is 10.2. The number of rotatable bonds is 5. The van der Waals surface area contributed by atoms with Gasteiger partial charge in [-0.25, -0.2) is 4.98 Å². The zero-order valence-corrected chi connectivity index (χ0v) is 9.87. The van der Waals surface area contributed by atoms with E-state index in [9.17, 15) is 10.1 Å². The molecule has 0 amide bonds. The van der Waals surface area contributed by atoms with Crippen LogP contribution in [-0.4, -0.2) is 15.9 Å². The van der Waals surface area contributed by atoms with Gasteiger partial charge in [-0.05, 0) is 25.1 Å². The van der Waals surface area contributed by atoms with E-state index in [0.717, 1.165) is 5.76 Å². The van der Waals surface area contributed by atoms with E-state index in [2.05, 4.69) is 10.3 Å². The van der Waals surface area contributed by atoms with Gasteiger partial charge in [0, 0.05) is 24.7 Å². The number of nitrogens with zero attached hydrogens (tertiary/aromatic N) is 2. The fraction of sp³-hybridized carbons (Fsp3) is 0.250. The smallest absolute Gasteiger partial charge is 0.311 e. The van der Waals surface area contributed by atoms with Crippen LogP contribution in [0.1, 0.15) is 12.7 Å². The van der Waals surface area contributed by atoms with E-state index < -0.39 is 4.92 Å². The second-order valence-corrected chi connectivity index (χ2v) is 3.96. The Kier molecular flexibility index (Phi) is 3.57. The summed E-state index contributed by atoms with van der Waals surface area (Å²) in [7, 11) is 0. The lowest BCUT2D eigenvalue weighted by Crippen LogP contribution is -2.19. The minimum atomic E-state index is -0.449. The molecule has 18 heavy (non-hydrogen) atoms. The van der Waals surface area contributed by atoms with Crippen LogP contribution in [0.5, 0.6) is 0 Å². The summed E-state index contributed by atoms with van der Waals surface area (Å²) in [6, 6.07) is 6.64. The van der Waals surface area contributed by atoms with E-state index in [0.29, 0.717) is 6.42 Å². The molecular weight excluding hydrogens is 234 g/mol. The lowest BCUT2D eigenvalue weighted by Gasteiger charge is -2.12. The largest absolute Gasteiger partial charge is 0.469 e. The highest BCUT2D eigenvalue weighted by molar-refractivity contribution is 5.55. The van der Waals surface area contributed by atoms with Gasteiger partial charge in [-0.1, -0.05) is 0 Å². The van der Waals surface area contributed by atoms with Gasteiger partial charge in [-0.15, -0.1) is 0 Å². The predicted octanol–water partition coefficient (Wildman–Crippen LogP) is 2.63. The summed E-state index contributed by atoms with van der Waals surface area (Å²) in [5.41, 5.74) is -0.0243. The molecule has 1 N–H and O–H groups in total. The number of anilines is 1. The Bertz CT molecular complexity index is 525. The summed E-state index contributed by atoms with van der Waals surface area (Å²) < 4.78 is 5.23. The number of furan rings is 1. The zero-order valence-electron chi connectivity index (χ0n) is 9.87. The molecule has 0 aliphatic heterocycles. The minimum absolute atomic E-state index is 0.00949. The third-order valence-electron chi connectivity index (χ3n) is 2.45. The molecule has 1 atom stereocenters. The molecule has 0 unspecified atom stereocenters. The Labute approximate surface area is 104 Å². The zero-order chi connectivity index (χ0) is 13.0. The molecule has 2 rings (SSSR count). The van der Waals surface area contributed by atoms with Crippen molar-refractivity contribution < 1.29 is 9.34 Å². The quantitative estimate of drug-likeness (QED) is 0.648. The van der Waals surface area contributed by atoms with Gasteiger partial charge in [0.1, 0.15) is 5.76 Å².